The summed E-state index contributed by atoms with van der Waals surface area (Å²) in [5, 5.41) is 0. The van der Waals surface area contributed by atoms with Gasteiger partial charge in [-0.1, -0.05) is 393 Å². The molecule has 2 aromatic carbocycles. The number of benzene rings is 2. The predicted octanol–water partition coefficient (Wildman–Crippen LogP) is 30.5. The van der Waals surface area contributed by atoms with Crippen molar-refractivity contribution in [3.63, 3.8) is 0 Å². The molecule has 0 bridgehead atoms. The van der Waals surface area contributed by atoms with Gasteiger partial charge >= 0.3 is 16.5 Å². The molecule has 88 heavy (non-hydrogen) atoms. The standard InChI is InChI=1S/C45H68N2.2C20H41.Ni/c1-5-9-13-15-16-17-18-19-20-21-22-23-25-35-43-42(34-24-14-10-6-2)44(40-32-26-30-38(36-40)28-11-7-3)47(46)45(43)41-33-27-31-39(37-41)29-12-8-4;2*1-3-5-7-9-11-13-15-17-19-20-18-16-14-12-10-8-6-4-2;/h25-27,30-33,35-37H,5-24,28-29,34H2,1-4H3;2*1,3-20H2,2H3;/q;2*-1;+2. The van der Waals surface area contributed by atoms with E-state index in [1.54, 1.807) is 4.70 Å². The summed E-state index contributed by atoms with van der Waals surface area (Å²) in [6, 6.07) is 17.9. The Morgan fingerprint density at radius 1 is 0.318 bits per heavy atom. The Kier molecular flexibility index (Phi) is 65.9. The first-order valence-corrected chi connectivity index (χ1v) is 39.4. The molecule has 3 heteroatoms. The Morgan fingerprint density at radius 3 is 0.898 bits per heavy atom. The number of nitrogens with zero attached hydrogens (tertiary/aromatic N) is 2. The molecule has 0 amide bonds. The fraction of sp³-hybridized carbons (Fsp3) is 0.765. The number of allylic oxidation sites excluding steroid dienone is 4. The Hall–Kier alpha value is -2.25. The molecule has 0 aliphatic carbocycles. The first kappa shape index (κ1) is 85.8. The van der Waals surface area contributed by atoms with Crippen molar-refractivity contribution in [3.05, 3.63) is 113 Å². The Morgan fingerprint density at radius 2 is 0.591 bits per heavy atom. The van der Waals surface area contributed by atoms with Gasteiger partial charge in [-0.25, -0.2) is 4.70 Å². The van der Waals surface area contributed by atoms with Crippen LogP contribution in [0.3, 0.4) is 0 Å². The van der Waals surface area contributed by atoms with Gasteiger partial charge in [-0.15, -0.1) is 0 Å². The van der Waals surface area contributed by atoms with Gasteiger partial charge < -0.3 is 19.4 Å². The largest absolute Gasteiger partial charge is 2.00 e. The molecule has 3 rings (SSSR count). The minimum Gasteiger partial charge on any atom is -0.493 e. The zero-order chi connectivity index (χ0) is 63.0. The van der Waals surface area contributed by atoms with Crippen molar-refractivity contribution < 1.29 is 21.2 Å². The zero-order valence-corrected chi connectivity index (χ0v) is 61.1. The van der Waals surface area contributed by atoms with Crippen LogP contribution in [0, 0.1) is 13.8 Å². The quantitative estimate of drug-likeness (QED) is 0.0273. The van der Waals surface area contributed by atoms with Gasteiger partial charge in [0.1, 0.15) is 0 Å². The maximum atomic E-state index is 12.1. The summed E-state index contributed by atoms with van der Waals surface area (Å²) in [4.78, 5) is 0. The van der Waals surface area contributed by atoms with Gasteiger partial charge in [-0.2, -0.15) is 12.8 Å². The van der Waals surface area contributed by atoms with Crippen molar-refractivity contribution in [1.82, 2.24) is 0 Å². The van der Waals surface area contributed by atoms with E-state index in [0.717, 1.165) is 67.5 Å². The average molecular weight is 1260 g/mol. The van der Waals surface area contributed by atoms with E-state index in [-0.39, 0.29) is 16.5 Å². The van der Waals surface area contributed by atoms with Crippen molar-refractivity contribution in [1.29, 1.82) is 0 Å². The van der Waals surface area contributed by atoms with Crippen LogP contribution in [0.25, 0.3) is 16.9 Å². The average Bonchev–Trinajstić information content (AvgIpc) is 1.89. The molecule has 0 aromatic heterocycles. The molecular formula is C85H150N2Ni. The topological polar surface area (TPSA) is 25.3 Å². The summed E-state index contributed by atoms with van der Waals surface area (Å²) < 4.78 is 1.55. The second kappa shape index (κ2) is 67.6. The molecule has 2 nitrogen and oxygen atoms in total. The van der Waals surface area contributed by atoms with E-state index >= 15 is 0 Å². The molecule has 2 aromatic rings. The van der Waals surface area contributed by atoms with Gasteiger partial charge in [-0.05, 0) is 86.8 Å². The van der Waals surface area contributed by atoms with Crippen LogP contribution in [-0.2, 0) is 29.3 Å². The van der Waals surface area contributed by atoms with Gasteiger partial charge in [0, 0.05) is 16.7 Å². The van der Waals surface area contributed by atoms with Crippen molar-refractivity contribution in [2.75, 3.05) is 0 Å². The molecule has 0 unspecified atom stereocenters. The third kappa shape index (κ3) is 48.5. The number of unbranched alkanes of at least 4 members (excludes halogenated alkanes) is 50. The van der Waals surface area contributed by atoms with E-state index in [4.69, 9.17) is 0 Å². The van der Waals surface area contributed by atoms with E-state index < -0.39 is 0 Å². The minimum absolute atomic E-state index is 0. The third-order valence-electron chi connectivity index (χ3n) is 18.6. The summed E-state index contributed by atoms with van der Waals surface area (Å²) >= 11 is 0. The summed E-state index contributed by atoms with van der Waals surface area (Å²) in [5.41, 5.74) is 21.6. The monoisotopic (exact) mass is 1260 g/mol. The van der Waals surface area contributed by atoms with Gasteiger partial charge in [0.15, 0.2) is 0 Å². The Bertz CT molecular complexity index is 1810. The SMILES string of the molecule is CCCCCCCCCCCCCC=CC1=C(c2cccc(CCCC)c2)[N+](=[N-])C(c2cccc(CCCC)c2)=C1CCCCCC.[CH2-]CCCCCCCCCCCCCCCCCCC.[CH2-]CCCCCCCCCCCCCCCCCCC.[Ni+2]. The molecule has 0 saturated heterocycles. The van der Waals surface area contributed by atoms with Crippen LogP contribution in [0.5, 0.6) is 0 Å². The van der Waals surface area contributed by atoms with Crippen molar-refractivity contribution >= 4 is 11.4 Å². The normalized spacial score (nSPS) is 12.3. The summed E-state index contributed by atoms with van der Waals surface area (Å²) in [5.74, 6) is 0. The number of hydrogen-bond donors (Lipinski definition) is 0. The molecule has 0 atom stereocenters. The van der Waals surface area contributed by atoms with Crippen LogP contribution in [0.2, 0.25) is 0 Å². The molecule has 0 N–H and O–H groups in total. The molecular weight excluding hydrogens is 1110 g/mol. The minimum atomic E-state index is 0. The van der Waals surface area contributed by atoms with Gasteiger partial charge in [0.25, 0.3) is 0 Å². The Balaban J connectivity index is 0.00000153. The number of aryl methyl sites for hydroxylation is 2. The first-order chi connectivity index (χ1) is 43.0. The molecule has 1 aliphatic rings. The summed E-state index contributed by atoms with van der Waals surface area (Å²) in [6.07, 6.45) is 85.4. The smallest absolute Gasteiger partial charge is 0.493 e. The fourth-order valence-electron chi connectivity index (χ4n) is 12.8. The summed E-state index contributed by atoms with van der Waals surface area (Å²) in [7, 11) is 0. The maximum absolute atomic E-state index is 12.1. The molecule has 510 valence electrons. The molecule has 0 saturated carbocycles. The van der Waals surface area contributed by atoms with Crippen LogP contribution >= 0.6 is 0 Å². The molecule has 0 fully saturated rings. The van der Waals surface area contributed by atoms with E-state index in [2.05, 4.69) is 116 Å². The van der Waals surface area contributed by atoms with Crippen molar-refractivity contribution in [2.45, 2.75) is 420 Å². The van der Waals surface area contributed by atoms with Crippen LogP contribution in [-0.4, -0.2) is 4.70 Å². The second-order valence-electron chi connectivity index (χ2n) is 27.1. The fourth-order valence-corrected chi connectivity index (χ4v) is 12.8. The van der Waals surface area contributed by atoms with Crippen molar-refractivity contribution in [2.24, 2.45) is 0 Å². The molecule has 0 radical (unpaired) electrons. The molecule has 0 spiro atoms. The molecule has 1 heterocycles. The zero-order valence-electron chi connectivity index (χ0n) is 60.1. The third-order valence-corrected chi connectivity index (χ3v) is 18.6. The first-order valence-electron chi connectivity index (χ1n) is 39.4. The van der Waals surface area contributed by atoms with E-state index in [9.17, 15) is 5.53 Å². The number of hydrogen-bond acceptors (Lipinski definition) is 0. The van der Waals surface area contributed by atoms with E-state index in [1.165, 1.54) is 356 Å². The molecule has 1 aliphatic heterocycles. The summed E-state index contributed by atoms with van der Waals surface area (Å²) in [6.45, 7) is 21.5. The maximum Gasteiger partial charge on any atom is 2.00 e. The Labute approximate surface area is 563 Å². The second-order valence-corrected chi connectivity index (χ2v) is 27.1. The van der Waals surface area contributed by atoms with Gasteiger partial charge in [-0.3, -0.25) is 0 Å². The van der Waals surface area contributed by atoms with Crippen LogP contribution in [0.4, 0.5) is 0 Å². The number of rotatable bonds is 60. The van der Waals surface area contributed by atoms with Crippen molar-refractivity contribution in [3.8, 4) is 0 Å². The van der Waals surface area contributed by atoms with Gasteiger partial charge in [0.05, 0.1) is 5.57 Å². The van der Waals surface area contributed by atoms with Crippen LogP contribution in [0.15, 0.2) is 71.8 Å². The predicted molar refractivity (Wildman–Crippen MR) is 395 cm³/mol. The van der Waals surface area contributed by atoms with E-state index in [0.29, 0.717) is 0 Å². The van der Waals surface area contributed by atoms with Gasteiger partial charge in [0.2, 0.25) is 11.4 Å². The van der Waals surface area contributed by atoms with E-state index in [1.807, 2.05) is 0 Å². The van der Waals surface area contributed by atoms with Crippen LogP contribution in [0.1, 0.15) is 430 Å². The van der Waals surface area contributed by atoms with Crippen LogP contribution < -0.4 is 0 Å².